The summed E-state index contributed by atoms with van der Waals surface area (Å²) in [4.78, 5) is 33.5. The van der Waals surface area contributed by atoms with Crippen molar-refractivity contribution in [2.45, 2.75) is 31.7 Å². The van der Waals surface area contributed by atoms with Crippen molar-refractivity contribution >= 4 is 17.6 Å². The number of carbonyl (C=O) groups is 2. The lowest BCUT2D eigenvalue weighted by atomic mass is 9.76. The maximum absolute atomic E-state index is 12.2. The highest BCUT2D eigenvalue weighted by molar-refractivity contribution is 5.99. The van der Waals surface area contributed by atoms with Crippen LogP contribution in [0, 0.1) is 17.0 Å². The third-order valence-electron chi connectivity index (χ3n) is 3.65. The number of nitrogens with zero attached hydrogens (tertiary/aromatic N) is 1. The van der Waals surface area contributed by atoms with E-state index >= 15 is 0 Å². The van der Waals surface area contributed by atoms with E-state index in [2.05, 4.69) is 5.32 Å². The fourth-order valence-electron chi connectivity index (χ4n) is 2.18. The van der Waals surface area contributed by atoms with Crippen LogP contribution < -0.4 is 5.32 Å². The zero-order valence-corrected chi connectivity index (χ0v) is 10.9. The van der Waals surface area contributed by atoms with Crippen LogP contribution in [0.15, 0.2) is 18.2 Å². The Hall–Kier alpha value is -2.44. The van der Waals surface area contributed by atoms with E-state index in [1.165, 1.54) is 18.2 Å². The monoisotopic (exact) mass is 278 g/mol. The molecule has 0 atom stereocenters. The second-order valence-corrected chi connectivity index (χ2v) is 4.95. The van der Waals surface area contributed by atoms with Gasteiger partial charge in [-0.05, 0) is 31.7 Å². The number of aliphatic carboxylic acids is 1. The van der Waals surface area contributed by atoms with Gasteiger partial charge in [0.05, 0.1) is 4.92 Å². The fraction of sp³-hybridized carbons (Fsp3) is 0.385. The predicted molar refractivity (Wildman–Crippen MR) is 69.5 cm³/mol. The van der Waals surface area contributed by atoms with E-state index in [0.717, 1.165) is 6.42 Å². The van der Waals surface area contributed by atoms with Crippen LogP contribution >= 0.6 is 0 Å². The van der Waals surface area contributed by atoms with E-state index in [-0.39, 0.29) is 11.3 Å². The summed E-state index contributed by atoms with van der Waals surface area (Å²) in [6.07, 6.45) is 1.49. The lowest BCUT2D eigenvalue weighted by Crippen LogP contribution is -2.59. The number of nitro groups is 1. The van der Waals surface area contributed by atoms with Crippen LogP contribution in [0.1, 0.15) is 35.2 Å². The van der Waals surface area contributed by atoms with Gasteiger partial charge in [0.15, 0.2) is 0 Å². The predicted octanol–water partition coefficient (Wildman–Crippen LogP) is 1.64. The summed E-state index contributed by atoms with van der Waals surface area (Å²) >= 11 is 0. The van der Waals surface area contributed by atoms with E-state index in [4.69, 9.17) is 5.11 Å². The first kappa shape index (κ1) is 14.0. The zero-order chi connectivity index (χ0) is 14.9. The van der Waals surface area contributed by atoms with Gasteiger partial charge in [0, 0.05) is 17.7 Å². The van der Waals surface area contributed by atoms with Crippen molar-refractivity contribution in [1.29, 1.82) is 0 Å². The van der Waals surface area contributed by atoms with Crippen LogP contribution in [-0.2, 0) is 4.79 Å². The van der Waals surface area contributed by atoms with Crippen LogP contribution in [0.2, 0.25) is 0 Å². The first-order valence-corrected chi connectivity index (χ1v) is 6.17. The van der Waals surface area contributed by atoms with Gasteiger partial charge in [-0.15, -0.1) is 0 Å². The van der Waals surface area contributed by atoms with Gasteiger partial charge >= 0.3 is 5.97 Å². The molecule has 0 aromatic heterocycles. The summed E-state index contributed by atoms with van der Waals surface area (Å²) in [6.45, 7) is 1.65. The van der Waals surface area contributed by atoms with Crippen molar-refractivity contribution in [3.8, 4) is 0 Å². The highest BCUT2D eigenvalue weighted by Gasteiger charge is 2.45. The largest absolute Gasteiger partial charge is 0.480 e. The molecular weight excluding hydrogens is 264 g/mol. The van der Waals surface area contributed by atoms with Crippen molar-refractivity contribution in [2.75, 3.05) is 0 Å². The van der Waals surface area contributed by atoms with E-state index in [1.54, 1.807) is 6.92 Å². The molecule has 0 bridgehead atoms. The molecule has 20 heavy (non-hydrogen) atoms. The molecule has 1 aromatic carbocycles. The zero-order valence-electron chi connectivity index (χ0n) is 10.9. The Kier molecular flexibility index (Phi) is 3.44. The van der Waals surface area contributed by atoms with E-state index in [1.807, 2.05) is 0 Å². The number of carboxylic acids is 1. The van der Waals surface area contributed by atoms with Crippen molar-refractivity contribution < 1.29 is 19.6 Å². The highest BCUT2D eigenvalue weighted by atomic mass is 16.6. The molecule has 2 N–H and O–H groups in total. The van der Waals surface area contributed by atoms with Gasteiger partial charge < -0.3 is 10.4 Å². The van der Waals surface area contributed by atoms with Gasteiger partial charge in [-0.25, -0.2) is 4.79 Å². The topological polar surface area (TPSA) is 110 Å². The summed E-state index contributed by atoms with van der Waals surface area (Å²) in [5.74, 6) is -1.66. The first-order chi connectivity index (χ1) is 9.35. The molecule has 106 valence electrons. The van der Waals surface area contributed by atoms with Crippen LogP contribution in [0.4, 0.5) is 5.69 Å². The lowest BCUT2D eigenvalue weighted by Gasteiger charge is -2.38. The van der Waals surface area contributed by atoms with Crippen molar-refractivity contribution in [3.05, 3.63) is 39.4 Å². The molecule has 7 nitrogen and oxygen atoms in total. The average Bonchev–Trinajstić information content (AvgIpc) is 2.33. The number of carboxylic acid groups (broad SMARTS) is 1. The van der Waals surface area contributed by atoms with Crippen molar-refractivity contribution in [3.63, 3.8) is 0 Å². The number of nitrogens with one attached hydrogen (secondary N) is 1. The number of rotatable bonds is 4. The van der Waals surface area contributed by atoms with Crippen LogP contribution in [0.5, 0.6) is 0 Å². The SMILES string of the molecule is Cc1ccc([N+](=O)[O-])cc1C(=O)NC1(C(=O)O)CCC1. The summed E-state index contributed by atoms with van der Waals surface area (Å²) in [6, 6.07) is 3.95. The molecule has 1 amide bonds. The Morgan fingerprint density at radius 3 is 2.50 bits per heavy atom. The van der Waals surface area contributed by atoms with Crippen molar-refractivity contribution in [2.24, 2.45) is 0 Å². The molecule has 1 aliphatic carbocycles. The molecule has 0 aliphatic heterocycles. The minimum atomic E-state index is -1.23. The van der Waals surface area contributed by atoms with Crippen molar-refractivity contribution in [1.82, 2.24) is 5.32 Å². The van der Waals surface area contributed by atoms with E-state index in [9.17, 15) is 19.7 Å². The van der Waals surface area contributed by atoms with Crippen LogP contribution in [0.3, 0.4) is 0 Å². The molecule has 1 fully saturated rings. The molecule has 0 saturated heterocycles. The smallest absolute Gasteiger partial charge is 0.329 e. The van der Waals surface area contributed by atoms with Gasteiger partial charge in [-0.3, -0.25) is 14.9 Å². The Bertz CT molecular complexity index is 592. The molecular formula is C13H14N2O5. The summed E-state index contributed by atoms with van der Waals surface area (Å²) in [5.41, 5.74) is -0.729. The maximum atomic E-state index is 12.2. The number of nitro benzene ring substituents is 1. The third-order valence-corrected chi connectivity index (χ3v) is 3.65. The number of amides is 1. The molecule has 1 aromatic rings. The fourth-order valence-corrected chi connectivity index (χ4v) is 2.18. The standard InChI is InChI=1S/C13H14N2O5/c1-8-3-4-9(15(19)20)7-10(8)11(16)14-13(12(17)18)5-2-6-13/h3-4,7H,2,5-6H2,1H3,(H,14,16)(H,17,18). The Labute approximate surface area is 114 Å². The quantitative estimate of drug-likeness (QED) is 0.642. The molecule has 0 radical (unpaired) electrons. The van der Waals surface area contributed by atoms with Crippen LogP contribution in [0.25, 0.3) is 0 Å². The third kappa shape index (κ3) is 2.34. The normalized spacial score (nSPS) is 16.1. The number of carbonyl (C=O) groups excluding carboxylic acids is 1. The van der Waals surface area contributed by atoms with Gasteiger partial charge in [0.1, 0.15) is 5.54 Å². The number of hydrogen-bond donors (Lipinski definition) is 2. The van der Waals surface area contributed by atoms with Gasteiger partial charge in [-0.1, -0.05) is 6.07 Å². The second-order valence-electron chi connectivity index (χ2n) is 4.95. The van der Waals surface area contributed by atoms with Gasteiger partial charge in [0.2, 0.25) is 0 Å². The minimum absolute atomic E-state index is 0.131. The highest BCUT2D eigenvalue weighted by Crippen LogP contribution is 2.32. The van der Waals surface area contributed by atoms with Crippen LogP contribution in [-0.4, -0.2) is 27.4 Å². The summed E-state index contributed by atoms with van der Waals surface area (Å²) in [5, 5.41) is 22.4. The minimum Gasteiger partial charge on any atom is -0.480 e. The number of aryl methyl sites for hydroxylation is 1. The molecule has 0 spiro atoms. The second kappa shape index (κ2) is 4.92. The molecule has 0 heterocycles. The number of benzene rings is 1. The summed E-state index contributed by atoms with van der Waals surface area (Å²) < 4.78 is 0. The number of hydrogen-bond acceptors (Lipinski definition) is 4. The Balaban J connectivity index is 2.27. The van der Waals surface area contributed by atoms with E-state index < -0.39 is 22.3 Å². The molecule has 7 heteroatoms. The maximum Gasteiger partial charge on any atom is 0.329 e. The number of non-ortho nitro benzene ring substituents is 1. The van der Waals surface area contributed by atoms with E-state index in [0.29, 0.717) is 18.4 Å². The van der Waals surface area contributed by atoms with Gasteiger partial charge in [0.25, 0.3) is 11.6 Å². The van der Waals surface area contributed by atoms with Gasteiger partial charge in [-0.2, -0.15) is 0 Å². The molecule has 0 unspecified atom stereocenters. The first-order valence-electron chi connectivity index (χ1n) is 6.17. The Morgan fingerprint density at radius 2 is 2.05 bits per heavy atom. The molecule has 1 saturated carbocycles. The lowest BCUT2D eigenvalue weighted by molar-refractivity contribution is -0.384. The summed E-state index contributed by atoms with van der Waals surface area (Å²) in [7, 11) is 0. The average molecular weight is 278 g/mol. The Morgan fingerprint density at radius 1 is 1.40 bits per heavy atom. The molecule has 1 aliphatic rings. The molecule has 2 rings (SSSR count).